The number of nitriles is 1. The summed E-state index contributed by atoms with van der Waals surface area (Å²) < 4.78 is 39.1. The van der Waals surface area contributed by atoms with Crippen LogP contribution < -0.4 is 10.6 Å². The van der Waals surface area contributed by atoms with Gasteiger partial charge in [-0.2, -0.15) is 5.26 Å². The Bertz CT molecular complexity index is 1180. The Balaban J connectivity index is 2.00. The molecule has 0 fully saturated rings. The Hall–Kier alpha value is -3.31. The minimum atomic E-state index is -3.63. The first-order valence-electron chi connectivity index (χ1n) is 8.53. The molecule has 28 heavy (non-hydrogen) atoms. The molecule has 6 nitrogen and oxygen atoms in total. The number of aromatic hydroxyl groups is 1. The van der Waals surface area contributed by atoms with Crippen LogP contribution in [0.25, 0.3) is 0 Å². The van der Waals surface area contributed by atoms with Gasteiger partial charge >= 0.3 is 0 Å². The summed E-state index contributed by atoms with van der Waals surface area (Å²) in [6.45, 7) is 0. The third-order valence-corrected chi connectivity index (χ3v) is 6.86. The van der Waals surface area contributed by atoms with Crippen molar-refractivity contribution < 1.29 is 17.9 Å². The van der Waals surface area contributed by atoms with Gasteiger partial charge in [0.25, 0.3) is 0 Å². The monoisotopic (exact) mass is 397 g/mol. The molecule has 0 spiro atoms. The largest absolute Gasteiger partial charge is 0.508 e. The lowest BCUT2D eigenvalue weighted by Gasteiger charge is -2.35. The summed E-state index contributed by atoms with van der Waals surface area (Å²) in [6.07, 6.45) is 0.226. The van der Waals surface area contributed by atoms with Crippen molar-refractivity contribution in [3.63, 3.8) is 0 Å². The lowest BCUT2D eigenvalue weighted by molar-refractivity contribution is 0.474. The number of allylic oxidation sites excluding steroid dienone is 3. The predicted octanol–water partition coefficient (Wildman–Crippen LogP) is 2.86. The van der Waals surface area contributed by atoms with E-state index in [1.54, 1.807) is 12.1 Å². The predicted molar refractivity (Wildman–Crippen MR) is 102 cm³/mol. The van der Waals surface area contributed by atoms with Crippen LogP contribution >= 0.6 is 0 Å². The summed E-state index contributed by atoms with van der Waals surface area (Å²) in [5.41, 5.74) is 7.80. The van der Waals surface area contributed by atoms with Crippen molar-refractivity contribution in [2.75, 3.05) is 10.7 Å². The molecule has 0 saturated carbocycles. The van der Waals surface area contributed by atoms with E-state index >= 15 is 0 Å². The molecule has 2 aliphatic rings. The number of halogens is 1. The van der Waals surface area contributed by atoms with Gasteiger partial charge in [0.2, 0.25) is 0 Å². The second-order valence-electron chi connectivity index (χ2n) is 6.63. The molecule has 2 aromatic carbocycles. The highest BCUT2D eigenvalue weighted by molar-refractivity contribution is 7.95. The number of phenols is 1. The molecule has 142 valence electrons. The highest BCUT2D eigenvalue weighted by Crippen LogP contribution is 2.48. The van der Waals surface area contributed by atoms with E-state index in [4.69, 9.17) is 5.73 Å². The van der Waals surface area contributed by atoms with Gasteiger partial charge in [-0.25, -0.2) is 12.8 Å². The van der Waals surface area contributed by atoms with Gasteiger partial charge in [0, 0.05) is 17.8 Å². The van der Waals surface area contributed by atoms with Gasteiger partial charge in [0.1, 0.15) is 17.4 Å². The summed E-state index contributed by atoms with van der Waals surface area (Å²) in [5.74, 6) is -1.37. The maximum absolute atomic E-state index is 13.4. The van der Waals surface area contributed by atoms with Gasteiger partial charge in [-0.15, -0.1) is 0 Å². The third-order valence-electron chi connectivity index (χ3n) is 4.97. The van der Waals surface area contributed by atoms with E-state index in [0.29, 0.717) is 16.9 Å². The molecule has 0 radical (unpaired) electrons. The van der Waals surface area contributed by atoms with Crippen molar-refractivity contribution in [1.82, 2.24) is 0 Å². The molecule has 0 amide bonds. The standard InChI is InChI=1S/C20H16FN3O3S/c21-13-4-6-14(7-5-13)24-17-8-9-28(26,27)19(17)18(16(11-22)20(24)23)12-2-1-3-15(25)10-12/h1-7,10,18,25H,8-9,23H2/t18-/m1/s1. The van der Waals surface area contributed by atoms with E-state index in [-0.39, 0.29) is 34.2 Å². The Morgan fingerprint density at radius 3 is 2.57 bits per heavy atom. The second kappa shape index (κ2) is 6.39. The summed E-state index contributed by atoms with van der Waals surface area (Å²) >= 11 is 0. The molecule has 2 aliphatic heterocycles. The lowest BCUT2D eigenvalue weighted by Crippen LogP contribution is -2.34. The minimum absolute atomic E-state index is 0.0353. The molecule has 3 N–H and O–H groups in total. The highest BCUT2D eigenvalue weighted by atomic mass is 32.2. The first kappa shape index (κ1) is 18.1. The van der Waals surface area contributed by atoms with Gasteiger partial charge in [-0.1, -0.05) is 12.1 Å². The number of sulfone groups is 1. The van der Waals surface area contributed by atoms with Gasteiger partial charge in [-0.05, 0) is 42.0 Å². The third kappa shape index (κ3) is 2.72. The van der Waals surface area contributed by atoms with Crippen molar-refractivity contribution in [3.05, 3.63) is 81.9 Å². The molecule has 0 saturated heterocycles. The number of nitrogens with zero attached hydrogens (tertiary/aromatic N) is 2. The van der Waals surface area contributed by atoms with Crippen LogP contribution in [0.1, 0.15) is 17.9 Å². The number of nitrogens with two attached hydrogens (primary N) is 1. The van der Waals surface area contributed by atoms with Crippen LogP contribution in [0.3, 0.4) is 0 Å². The molecule has 8 heteroatoms. The van der Waals surface area contributed by atoms with E-state index in [9.17, 15) is 23.2 Å². The maximum Gasteiger partial charge on any atom is 0.177 e. The zero-order valence-corrected chi connectivity index (χ0v) is 15.4. The Morgan fingerprint density at radius 1 is 1.21 bits per heavy atom. The van der Waals surface area contributed by atoms with Crippen LogP contribution in [-0.2, 0) is 9.84 Å². The summed E-state index contributed by atoms with van der Waals surface area (Å²) in [6, 6.07) is 13.7. The van der Waals surface area contributed by atoms with E-state index in [1.165, 1.54) is 41.3 Å². The van der Waals surface area contributed by atoms with Crippen molar-refractivity contribution in [2.45, 2.75) is 12.3 Å². The van der Waals surface area contributed by atoms with E-state index in [1.807, 2.05) is 6.07 Å². The highest BCUT2D eigenvalue weighted by Gasteiger charge is 2.45. The molecule has 0 aliphatic carbocycles. The number of benzene rings is 2. The molecule has 2 aromatic rings. The summed E-state index contributed by atoms with van der Waals surface area (Å²) in [4.78, 5) is 1.62. The quantitative estimate of drug-likeness (QED) is 0.807. The van der Waals surface area contributed by atoms with Crippen LogP contribution in [0, 0.1) is 17.1 Å². The van der Waals surface area contributed by atoms with Crippen molar-refractivity contribution in [3.8, 4) is 11.8 Å². The van der Waals surface area contributed by atoms with E-state index < -0.39 is 21.6 Å². The fourth-order valence-electron chi connectivity index (χ4n) is 3.79. The SMILES string of the molecule is N#CC1=C(N)N(c2ccc(F)cc2)C2=C([C@@H]1c1cccc(O)c1)S(=O)(=O)CC2. The Morgan fingerprint density at radius 2 is 1.93 bits per heavy atom. The maximum atomic E-state index is 13.4. The van der Waals surface area contributed by atoms with Crippen molar-refractivity contribution in [2.24, 2.45) is 5.73 Å². The first-order valence-corrected chi connectivity index (χ1v) is 10.2. The van der Waals surface area contributed by atoms with Crippen LogP contribution in [-0.4, -0.2) is 19.3 Å². The zero-order chi connectivity index (χ0) is 20.1. The lowest BCUT2D eigenvalue weighted by atomic mass is 9.87. The van der Waals surface area contributed by atoms with Gasteiger partial charge in [0.15, 0.2) is 9.84 Å². The summed E-state index contributed by atoms with van der Waals surface area (Å²) in [7, 11) is -3.63. The van der Waals surface area contributed by atoms with Crippen molar-refractivity contribution >= 4 is 15.5 Å². The number of hydrogen-bond acceptors (Lipinski definition) is 6. The molecule has 4 rings (SSSR count). The number of anilines is 1. The average Bonchev–Trinajstić information content (AvgIpc) is 2.97. The smallest absolute Gasteiger partial charge is 0.177 e. The number of phenolic OH excluding ortho intramolecular Hbond substituents is 1. The average molecular weight is 397 g/mol. The van der Waals surface area contributed by atoms with Crippen LogP contribution in [0.2, 0.25) is 0 Å². The molecule has 0 unspecified atom stereocenters. The van der Waals surface area contributed by atoms with E-state index in [2.05, 4.69) is 0 Å². The molecular formula is C20H16FN3O3S. The Labute approximate surface area is 161 Å². The fraction of sp³-hybridized carbons (Fsp3) is 0.150. The zero-order valence-electron chi connectivity index (χ0n) is 14.6. The van der Waals surface area contributed by atoms with Crippen LogP contribution in [0.5, 0.6) is 5.75 Å². The number of rotatable bonds is 2. The molecule has 2 heterocycles. The van der Waals surface area contributed by atoms with Gasteiger partial charge in [-0.3, -0.25) is 4.90 Å². The van der Waals surface area contributed by atoms with Gasteiger partial charge in [0.05, 0.1) is 28.2 Å². The van der Waals surface area contributed by atoms with Crippen molar-refractivity contribution in [1.29, 1.82) is 5.26 Å². The molecule has 1 atom stereocenters. The topological polar surface area (TPSA) is 107 Å². The normalized spacial score (nSPS) is 20.9. The van der Waals surface area contributed by atoms with E-state index in [0.717, 1.165) is 0 Å². The van der Waals surface area contributed by atoms with Crippen LogP contribution in [0.4, 0.5) is 10.1 Å². The van der Waals surface area contributed by atoms with Gasteiger partial charge < -0.3 is 10.8 Å². The number of hydrogen-bond donors (Lipinski definition) is 2. The second-order valence-corrected chi connectivity index (χ2v) is 8.71. The van der Waals surface area contributed by atoms with Crippen LogP contribution in [0.15, 0.2) is 70.5 Å². The molecule has 0 bridgehead atoms. The minimum Gasteiger partial charge on any atom is -0.508 e. The first-order chi connectivity index (χ1) is 13.3. The fourth-order valence-corrected chi connectivity index (χ4v) is 5.63. The summed E-state index contributed by atoms with van der Waals surface area (Å²) in [5, 5.41) is 19.7. The molecule has 0 aromatic heterocycles. The Kier molecular flexibility index (Phi) is 4.12. The molecular weight excluding hydrogens is 381 g/mol.